The van der Waals surface area contributed by atoms with Crippen molar-refractivity contribution in [3.05, 3.63) is 170 Å². The maximum atomic E-state index is 12.4. The summed E-state index contributed by atoms with van der Waals surface area (Å²) in [6.45, 7) is 3.92. The van der Waals surface area contributed by atoms with Crippen LogP contribution in [-0.2, 0) is 19.1 Å². The Labute approximate surface area is 506 Å². The number of allylic oxidation sites excluding steroid dienone is 28. The fourth-order valence-electron chi connectivity index (χ4n) is 9.05. The predicted molar refractivity (Wildman–Crippen MR) is 361 cm³/mol. The van der Waals surface area contributed by atoms with E-state index in [2.05, 4.69) is 184 Å². The molecule has 0 radical (unpaired) electrons. The van der Waals surface area contributed by atoms with Crippen molar-refractivity contribution in [2.75, 3.05) is 13.2 Å². The monoisotopic (exact) mass is 1130 g/mol. The van der Waals surface area contributed by atoms with Gasteiger partial charge in [-0.1, -0.05) is 312 Å². The van der Waals surface area contributed by atoms with Crippen LogP contribution >= 0.6 is 0 Å². The summed E-state index contributed by atoms with van der Waals surface area (Å²) in [5.74, 6) is -0.601. The van der Waals surface area contributed by atoms with E-state index in [4.69, 9.17) is 9.47 Å². The first-order valence-corrected chi connectivity index (χ1v) is 33.7. The summed E-state index contributed by atoms with van der Waals surface area (Å²) in [7, 11) is 0. The number of carbonyl (C=O) groups is 2. The standard InChI is InChI=1S/C77H124O5/c1-3-5-7-9-11-13-15-17-19-21-23-25-27-29-31-33-35-36-37-38-39-40-42-44-46-48-50-52-54-56-58-60-62-64-66-68-70-72-77(80)82-75(73-78)74-81-76(79)71-69-67-65-63-61-59-57-55-53-51-49-47-45-43-41-34-32-30-28-26-24-22-20-18-16-14-12-10-8-6-4-2/h5-8,11-14,17-20,23-26,29-32,35-36,38-39,42,44,48,50,75,78H,3-4,9-10,15-16,21-22,27-28,33-34,37,40-41,43,45-47,49,51-74H2,1-2H3/b7-5-,8-6-,13-11-,14-12-,19-17-,20-18-,25-23-,26-24-,31-29-,32-30-,36-35-,39-38-,44-42-,50-48-. The second-order valence-electron chi connectivity index (χ2n) is 21.8. The number of aliphatic hydroxyl groups is 1. The van der Waals surface area contributed by atoms with Gasteiger partial charge in [0.2, 0.25) is 0 Å². The van der Waals surface area contributed by atoms with Crippen LogP contribution in [0.5, 0.6) is 0 Å². The minimum Gasteiger partial charge on any atom is -0.462 e. The summed E-state index contributed by atoms with van der Waals surface area (Å²) in [6.07, 6.45) is 109. The Kier molecular flexibility index (Phi) is 66.4. The molecule has 82 heavy (non-hydrogen) atoms. The highest BCUT2D eigenvalue weighted by Crippen LogP contribution is 2.16. The van der Waals surface area contributed by atoms with Crippen molar-refractivity contribution < 1.29 is 24.2 Å². The van der Waals surface area contributed by atoms with Crippen LogP contribution in [0.3, 0.4) is 0 Å². The number of ether oxygens (including phenoxy) is 2. The van der Waals surface area contributed by atoms with Crippen LogP contribution in [0.15, 0.2) is 170 Å². The third-order valence-electron chi connectivity index (χ3n) is 14.0. The molecule has 0 aliphatic carbocycles. The third-order valence-corrected chi connectivity index (χ3v) is 14.0. The van der Waals surface area contributed by atoms with E-state index in [0.29, 0.717) is 12.8 Å². The number of carbonyl (C=O) groups excluding carboxylic acids is 2. The number of hydrogen-bond acceptors (Lipinski definition) is 5. The van der Waals surface area contributed by atoms with Gasteiger partial charge in [-0.25, -0.2) is 0 Å². The molecule has 0 aliphatic rings. The summed E-state index contributed by atoms with van der Waals surface area (Å²) in [6, 6.07) is 0. The molecule has 5 nitrogen and oxygen atoms in total. The maximum absolute atomic E-state index is 12.4. The lowest BCUT2D eigenvalue weighted by Crippen LogP contribution is -2.28. The minimum absolute atomic E-state index is 0.0765. The van der Waals surface area contributed by atoms with E-state index in [9.17, 15) is 14.7 Å². The van der Waals surface area contributed by atoms with E-state index in [1.54, 1.807) is 0 Å². The van der Waals surface area contributed by atoms with Gasteiger partial charge < -0.3 is 14.6 Å². The van der Waals surface area contributed by atoms with Crippen molar-refractivity contribution in [1.29, 1.82) is 0 Å². The number of aliphatic hydroxyl groups excluding tert-OH is 1. The van der Waals surface area contributed by atoms with Crippen molar-refractivity contribution in [1.82, 2.24) is 0 Å². The summed E-state index contributed by atoms with van der Waals surface area (Å²) in [5.41, 5.74) is 0. The van der Waals surface area contributed by atoms with E-state index in [0.717, 1.165) is 135 Å². The van der Waals surface area contributed by atoms with Crippen LogP contribution in [-0.4, -0.2) is 36.4 Å². The second-order valence-corrected chi connectivity index (χ2v) is 21.8. The third kappa shape index (κ3) is 67.8. The lowest BCUT2D eigenvalue weighted by atomic mass is 10.0. The van der Waals surface area contributed by atoms with Crippen molar-refractivity contribution in [3.8, 4) is 0 Å². The lowest BCUT2D eigenvalue weighted by molar-refractivity contribution is -0.161. The number of rotatable bonds is 60. The lowest BCUT2D eigenvalue weighted by Gasteiger charge is -2.15. The summed E-state index contributed by atoms with van der Waals surface area (Å²) in [4.78, 5) is 24.6. The molecular weight excluding hydrogens is 1000 g/mol. The number of unbranched alkanes of at least 4 members (excludes halogenated alkanes) is 24. The molecule has 0 amide bonds. The van der Waals surface area contributed by atoms with E-state index in [1.165, 1.54) is 122 Å². The first-order valence-electron chi connectivity index (χ1n) is 33.7. The molecule has 0 aliphatic heterocycles. The zero-order valence-corrected chi connectivity index (χ0v) is 52.9. The van der Waals surface area contributed by atoms with Gasteiger partial charge in [0, 0.05) is 12.8 Å². The van der Waals surface area contributed by atoms with Crippen LogP contribution < -0.4 is 0 Å². The van der Waals surface area contributed by atoms with Crippen LogP contribution in [0.25, 0.3) is 0 Å². The molecule has 462 valence electrons. The molecule has 0 bridgehead atoms. The summed E-state index contributed by atoms with van der Waals surface area (Å²) < 4.78 is 10.7. The Bertz CT molecular complexity index is 1810. The number of hydrogen-bond donors (Lipinski definition) is 1. The summed E-state index contributed by atoms with van der Waals surface area (Å²) in [5, 5.41) is 9.70. The zero-order valence-electron chi connectivity index (χ0n) is 52.9. The Morgan fingerprint density at radius 3 is 0.732 bits per heavy atom. The normalized spacial score (nSPS) is 13.4. The highest BCUT2D eigenvalue weighted by Gasteiger charge is 2.16. The van der Waals surface area contributed by atoms with Crippen LogP contribution in [0.2, 0.25) is 0 Å². The van der Waals surface area contributed by atoms with Gasteiger partial charge in [0.05, 0.1) is 6.61 Å². The molecule has 1 unspecified atom stereocenters. The van der Waals surface area contributed by atoms with Gasteiger partial charge in [0.1, 0.15) is 6.61 Å². The molecule has 0 aromatic carbocycles. The van der Waals surface area contributed by atoms with Crippen LogP contribution in [0, 0.1) is 0 Å². The minimum atomic E-state index is -0.788. The van der Waals surface area contributed by atoms with Gasteiger partial charge >= 0.3 is 11.9 Å². The van der Waals surface area contributed by atoms with E-state index in [1.807, 2.05) is 0 Å². The van der Waals surface area contributed by atoms with Crippen LogP contribution in [0.1, 0.15) is 284 Å². The highest BCUT2D eigenvalue weighted by molar-refractivity contribution is 5.70. The summed E-state index contributed by atoms with van der Waals surface area (Å²) >= 11 is 0. The molecule has 0 rings (SSSR count). The molecule has 0 aromatic rings. The van der Waals surface area contributed by atoms with Gasteiger partial charge in [-0.2, -0.15) is 0 Å². The Morgan fingerprint density at radius 2 is 0.488 bits per heavy atom. The molecular formula is C77H124O5. The quantitative estimate of drug-likeness (QED) is 0.0373. The Morgan fingerprint density at radius 1 is 0.280 bits per heavy atom. The molecule has 0 spiro atoms. The molecule has 1 N–H and O–H groups in total. The van der Waals surface area contributed by atoms with Crippen molar-refractivity contribution in [2.24, 2.45) is 0 Å². The average molecular weight is 1130 g/mol. The topological polar surface area (TPSA) is 72.8 Å². The fraction of sp³-hybridized carbons (Fsp3) is 0.610. The molecule has 0 saturated carbocycles. The molecule has 0 heterocycles. The van der Waals surface area contributed by atoms with Crippen molar-refractivity contribution in [3.63, 3.8) is 0 Å². The highest BCUT2D eigenvalue weighted by atomic mass is 16.6. The van der Waals surface area contributed by atoms with Crippen LogP contribution in [0.4, 0.5) is 0 Å². The number of esters is 2. The molecule has 0 fully saturated rings. The fourth-order valence-corrected chi connectivity index (χ4v) is 9.05. The average Bonchev–Trinajstić information content (AvgIpc) is 3.49. The smallest absolute Gasteiger partial charge is 0.306 e. The van der Waals surface area contributed by atoms with E-state index < -0.39 is 6.10 Å². The molecule has 1 atom stereocenters. The van der Waals surface area contributed by atoms with Gasteiger partial charge in [-0.3, -0.25) is 9.59 Å². The van der Waals surface area contributed by atoms with Crippen molar-refractivity contribution in [2.45, 2.75) is 290 Å². The Balaban J connectivity index is 3.55. The SMILES string of the molecule is CC/C=C\C/C=C\C/C=C\C/C=C\C/C=C\C/C=C\C/C=C\C/C=C\C/C=C\CCCCCCCCCCCC(=O)OC(CO)COC(=O)CCCCCCCCCCCCCCCCC/C=C\C/C=C\C/C=C\C/C=C\C/C=C\CC. The zero-order chi connectivity index (χ0) is 59.1. The largest absolute Gasteiger partial charge is 0.462 e. The van der Waals surface area contributed by atoms with Gasteiger partial charge in [-0.05, 0) is 128 Å². The van der Waals surface area contributed by atoms with E-state index >= 15 is 0 Å². The molecule has 5 heteroatoms. The van der Waals surface area contributed by atoms with E-state index in [-0.39, 0.29) is 25.2 Å². The molecule has 0 saturated heterocycles. The van der Waals surface area contributed by atoms with Gasteiger partial charge in [0.25, 0.3) is 0 Å². The second kappa shape index (κ2) is 70.5. The Hall–Kier alpha value is -4.74. The van der Waals surface area contributed by atoms with Crippen molar-refractivity contribution >= 4 is 11.9 Å². The first kappa shape index (κ1) is 77.3. The predicted octanol–water partition coefficient (Wildman–Crippen LogP) is 23.6. The molecule has 0 aromatic heterocycles. The first-order chi connectivity index (χ1) is 40.6. The van der Waals surface area contributed by atoms with Gasteiger partial charge in [0.15, 0.2) is 6.10 Å². The maximum Gasteiger partial charge on any atom is 0.306 e. The van der Waals surface area contributed by atoms with Gasteiger partial charge in [-0.15, -0.1) is 0 Å².